The van der Waals surface area contributed by atoms with E-state index < -0.39 is 0 Å². The minimum absolute atomic E-state index is 0.00112. The average Bonchev–Trinajstić information content (AvgIpc) is 2.92. The zero-order valence-corrected chi connectivity index (χ0v) is 22.7. The Bertz CT molecular complexity index is 1130. The fourth-order valence-electron chi connectivity index (χ4n) is 5.17. The molecule has 1 unspecified atom stereocenters. The van der Waals surface area contributed by atoms with E-state index in [2.05, 4.69) is 90.6 Å². The van der Waals surface area contributed by atoms with Crippen molar-refractivity contribution in [2.75, 3.05) is 39.3 Å². The number of piperazine rings is 1. The summed E-state index contributed by atoms with van der Waals surface area (Å²) in [5.74, 6) is 0.00112. The van der Waals surface area contributed by atoms with E-state index in [0.29, 0.717) is 24.7 Å². The van der Waals surface area contributed by atoms with Crippen LogP contribution in [0.5, 0.6) is 0 Å². The number of benzene rings is 3. The Labute approximate surface area is 222 Å². The highest BCUT2D eigenvalue weighted by Gasteiger charge is 2.21. The Kier molecular flexibility index (Phi) is 9.69. The van der Waals surface area contributed by atoms with Crippen LogP contribution in [0, 0.1) is 0 Å². The summed E-state index contributed by atoms with van der Waals surface area (Å²) in [6, 6.07) is 23.5. The van der Waals surface area contributed by atoms with E-state index in [1.54, 1.807) is 5.01 Å². The number of fused-ring (bicyclic) bond motifs is 1. The normalized spacial score (nSPS) is 15.8. The molecular formula is C31H43N5O. The first-order valence-corrected chi connectivity index (χ1v) is 13.8. The Balaban J connectivity index is 1.43. The third-order valence-electron chi connectivity index (χ3n) is 7.46. The van der Waals surface area contributed by atoms with Crippen molar-refractivity contribution in [3.05, 3.63) is 83.4 Å². The number of hydrogen-bond donors (Lipinski definition) is 2. The van der Waals surface area contributed by atoms with Gasteiger partial charge in [-0.1, -0.05) is 54.6 Å². The van der Waals surface area contributed by atoms with Crippen molar-refractivity contribution in [1.82, 2.24) is 20.2 Å². The van der Waals surface area contributed by atoms with Gasteiger partial charge in [0.25, 0.3) is 5.91 Å². The molecule has 1 atom stereocenters. The SMILES string of the molecule is CC(NN(CCCCN)C(=O)c1ccc(CN2CCN(C(C)C)CC2)cc1)c1cccc2ccccc12. The van der Waals surface area contributed by atoms with Crippen LogP contribution in [-0.2, 0) is 6.54 Å². The van der Waals surface area contributed by atoms with Crippen LogP contribution in [0.25, 0.3) is 10.8 Å². The standard InChI is InChI=1S/C31H43N5O/c1-24(2)35-21-19-34(20-22-35)23-26-13-15-28(16-14-26)31(37)36(18-7-6-17-32)33-25(3)29-12-8-10-27-9-4-5-11-30(27)29/h4-5,8-16,24-25,33H,6-7,17-23,32H2,1-3H3. The molecule has 0 aromatic heterocycles. The van der Waals surface area contributed by atoms with E-state index in [1.165, 1.54) is 21.9 Å². The van der Waals surface area contributed by atoms with Gasteiger partial charge in [-0.2, -0.15) is 0 Å². The molecule has 1 heterocycles. The molecule has 3 aromatic rings. The highest BCUT2D eigenvalue weighted by atomic mass is 16.2. The van der Waals surface area contributed by atoms with Crippen LogP contribution in [0.15, 0.2) is 66.7 Å². The minimum atomic E-state index is -0.0169. The third-order valence-corrected chi connectivity index (χ3v) is 7.46. The number of unbranched alkanes of at least 4 members (excludes halogenated alkanes) is 1. The van der Waals surface area contributed by atoms with Gasteiger partial charge in [-0.15, -0.1) is 0 Å². The predicted octanol–water partition coefficient (Wildman–Crippen LogP) is 4.81. The summed E-state index contributed by atoms with van der Waals surface area (Å²) in [6.07, 6.45) is 1.75. The Hall–Kier alpha value is -2.77. The summed E-state index contributed by atoms with van der Waals surface area (Å²) in [6.45, 7) is 13.2. The van der Waals surface area contributed by atoms with Crippen molar-refractivity contribution in [2.45, 2.75) is 52.2 Å². The van der Waals surface area contributed by atoms with Gasteiger partial charge in [-0.05, 0) is 74.2 Å². The number of amides is 1. The highest BCUT2D eigenvalue weighted by molar-refractivity contribution is 5.94. The van der Waals surface area contributed by atoms with Crippen molar-refractivity contribution < 1.29 is 4.79 Å². The number of nitrogens with zero attached hydrogens (tertiary/aromatic N) is 3. The number of carbonyl (C=O) groups is 1. The number of hydrogen-bond acceptors (Lipinski definition) is 5. The molecule has 6 heteroatoms. The molecule has 37 heavy (non-hydrogen) atoms. The number of nitrogens with one attached hydrogen (secondary N) is 1. The molecule has 6 nitrogen and oxygen atoms in total. The van der Waals surface area contributed by atoms with Crippen molar-refractivity contribution >= 4 is 16.7 Å². The fraction of sp³-hybridized carbons (Fsp3) is 0.452. The van der Waals surface area contributed by atoms with E-state index in [4.69, 9.17) is 5.73 Å². The second-order valence-corrected chi connectivity index (χ2v) is 10.5. The molecule has 1 aliphatic rings. The van der Waals surface area contributed by atoms with Gasteiger partial charge in [0.05, 0.1) is 0 Å². The topological polar surface area (TPSA) is 64.8 Å². The lowest BCUT2D eigenvalue weighted by Gasteiger charge is -2.37. The van der Waals surface area contributed by atoms with Crippen LogP contribution in [0.3, 0.4) is 0 Å². The van der Waals surface area contributed by atoms with Crippen LogP contribution < -0.4 is 11.2 Å². The van der Waals surface area contributed by atoms with Crippen molar-refractivity contribution in [3.8, 4) is 0 Å². The first-order valence-electron chi connectivity index (χ1n) is 13.8. The number of carbonyl (C=O) groups excluding carboxylic acids is 1. The highest BCUT2D eigenvalue weighted by Crippen LogP contribution is 2.24. The molecule has 1 saturated heterocycles. The summed E-state index contributed by atoms with van der Waals surface area (Å²) >= 11 is 0. The molecule has 3 aromatic carbocycles. The van der Waals surface area contributed by atoms with E-state index >= 15 is 0 Å². The molecule has 4 rings (SSSR count). The maximum Gasteiger partial charge on any atom is 0.267 e. The quantitative estimate of drug-likeness (QED) is 0.292. The van der Waals surface area contributed by atoms with Crippen LogP contribution in [-0.4, -0.2) is 66.0 Å². The molecule has 3 N–H and O–H groups in total. The molecule has 0 bridgehead atoms. The van der Waals surface area contributed by atoms with E-state index in [9.17, 15) is 4.79 Å². The number of nitrogens with two attached hydrogens (primary N) is 1. The first kappa shape index (κ1) is 27.3. The summed E-state index contributed by atoms with van der Waals surface area (Å²) in [4.78, 5) is 18.6. The largest absolute Gasteiger partial charge is 0.330 e. The minimum Gasteiger partial charge on any atom is -0.330 e. The monoisotopic (exact) mass is 501 g/mol. The predicted molar refractivity (Wildman–Crippen MR) is 153 cm³/mol. The van der Waals surface area contributed by atoms with E-state index in [1.807, 2.05) is 12.1 Å². The molecule has 0 aliphatic carbocycles. The average molecular weight is 502 g/mol. The zero-order chi connectivity index (χ0) is 26.2. The van der Waals surface area contributed by atoms with E-state index in [-0.39, 0.29) is 11.9 Å². The van der Waals surface area contributed by atoms with Gasteiger partial charge in [0.15, 0.2) is 0 Å². The van der Waals surface area contributed by atoms with Crippen molar-refractivity contribution in [3.63, 3.8) is 0 Å². The fourth-order valence-corrected chi connectivity index (χ4v) is 5.17. The summed E-state index contributed by atoms with van der Waals surface area (Å²) in [5.41, 5.74) is 12.4. The number of rotatable bonds is 11. The Morgan fingerprint density at radius 2 is 1.62 bits per heavy atom. The lowest BCUT2D eigenvalue weighted by Crippen LogP contribution is -2.48. The lowest BCUT2D eigenvalue weighted by molar-refractivity contribution is 0.0620. The van der Waals surface area contributed by atoms with Gasteiger partial charge < -0.3 is 5.73 Å². The molecular weight excluding hydrogens is 458 g/mol. The molecule has 0 saturated carbocycles. The van der Waals surface area contributed by atoms with E-state index in [0.717, 1.165) is 45.6 Å². The summed E-state index contributed by atoms with van der Waals surface area (Å²) in [5, 5.41) is 4.19. The van der Waals surface area contributed by atoms with Crippen LogP contribution in [0.1, 0.15) is 61.1 Å². The van der Waals surface area contributed by atoms with Crippen molar-refractivity contribution in [2.24, 2.45) is 5.73 Å². The lowest BCUT2D eigenvalue weighted by atomic mass is 10.00. The molecule has 1 aliphatic heterocycles. The molecule has 0 radical (unpaired) electrons. The Morgan fingerprint density at radius 3 is 2.32 bits per heavy atom. The van der Waals surface area contributed by atoms with Crippen molar-refractivity contribution in [1.29, 1.82) is 0 Å². The summed E-state index contributed by atoms with van der Waals surface area (Å²) < 4.78 is 0. The van der Waals surface area contributed by atoms with Gasteiger partial charge in [-0.25, -0.2) is 5.43 Å². The number of hydrazine groups is 1. The Morgan fingerprint density at radius 1 is 0.919 bits per heavy atom. The maximum absolute atomic E-state index is 13.6. The van der Waals surface area contributed by atoms with Gasteiger partial charge in [0.2, 0.25) is 0 Å². The van der Waals surface area contributed by atoms with Crippen LogP contribution in [0.2, 0.25) is 0 Å². The molecule has 0 spiro atoms. The second-order valence-electron chi connectivity index (χ2n) is 10.5. The van der Waals surface area contributed by atoms with Gasteiger partial charge in [0, 0.05) is 56.9 Å². The van der Waals surface area contributed by atoms with Crippen LogP contribution >= 0.6 is 0 Å². The molecule has 1 amide bonds. The van der Waals surface area contributed by atoms with Crippen LogP contribution in [0.4, 0.5) is 0 Å². The maximum atomic E-state index is 13.6. The van der Waals surface area contributed by atoms with Gasteiger partial charge >= 0.3 is 0 Å². The van der Waals surface area contributed by atoms with Gasteiger partial charge in [0.1, 0.15) is 0 Å². The smallest absolute Gasteiger partial charge is 0.267 e. The third kappa shape index (κ3) is 7.17. The second kappa shape index (κ2) is 13.2. The molecule has 198 valence electrons. The summed E-state index contributed by atoms with van der Waals surface area (Å²) in [7, 11) is 0. The zero-order valence-electron chi connectivity index (χ0n) is 22.7. The first-order chi connectivity index (χ1) is 18.0. The molecule has 1 fully saturated rings. The van der Waals surface area contributed by atoms with Gasteiger partial charge in [-0.3, -0.25) is 19.6 Å².